The van der Waals surface area contributed by atoms with Crippen molar-refractivity contribution in [3.63, 3.8) is 0 Å². The SMILES string of the molecule is O=C(O)[C@@H]1[C@H]2Cc3ccccc3[C@H]21. The van der Waals surface area contributed by atoms with E-state index in [-0.39, 0.29) is 5.92 Å². The highest BCUT2D eigenvalue weighted by Gasteiger charge is 2.59. The van der Waals surface area contributed by atoms with Crippen molar-refractivity contribution in [3.05, 3.63) is 35.4 Å². The minimum atomic E-state index is -0.621. The molecule has 1 N–H and O–H groups in total. The van der Waals surface area contributed by atoms with E-state index in [1.54, 1.807) is 0 Å². The fraction of sp³-hybridized carbons (Fsp3) is 0.364. The molecule has 0 heterocycles. The van der Waals surface area contributed by atoms with Crippen LogP contribution in [0.15, 0.2) is 24.3 Å². The summed E-state index contributed by atoms with van der Waals surface area (Å²) in [6, 6.07) is 8.21. The van der Waals surface area contributed by atoms with E-state index in [0.717, 1.165) is 6.42 Å². The Bertz CT molecular complexity index is 383. The first-order chi connectivity index (χ1) is 6.29. The number of carbonyl (C=O) groups is 1. The van der Waals surface area contributed by atoms with Crippen molar-refractivity contribution in [1.29, 1.82) is 0 Å². The zero-order valence-corrected chi connectivity index (χ0v) is 7.10. The van der Waals surface area contributed by atoms with E-state index in [4.69, 9.17) is 5.11 Å². The van der Waals surface area contributed by atoms with Gasteiger partial charge in [-0.3, -0.25) is 4.79 Å². The Hall–Kier alpha value is -1.31. The van der Waals surface area contributed by atoms with Crippen LogP contribution in [0.25, 0.3) is 0 Å². The number of carboxylic acid groups (broad SMARTS) is 1. The molecule has 2 nitrogen and oxygen atoms in total. The summed E-state index contributed by atoms with van der Waals surface area (Å²) in [7, 11) is 0. The molecule has 3 rings (SSSR count). The fourth-order valence-electron chi connectivity index (χ4n) is 2.69. The van der Waals surface area contributed by atoms with Crippen molar-refractivity contribution in [1.82, 2.24) is 0 Å². The molecule has 0 aromatic heterocycles. The van der Waals surface area contributed by atoms with Crippen molar-refractivity contribution < 1.29 is 9.90 Å². The van der Waals surface area contributed by atoms with Gasteiger partial charge < -0.3 is 5.11 Å². The molecule has 2 heteroatoms. The average molecular weight is 174 g/mol. The third-order valence-electron chi connectivity index (χ3n) is 3.32. The van der Waals surface area contributed by atoms with Gasteiger partial charge in [-0.2, -0.15) is 0 Å². The molecule has 1 aromatic rings. The van der Waals surface area contributed by atoms with E-state index in [9.17, 15) is 4.79 Å². The lowest BCUT2D eigenvalue weighted by atomic mass is 10.0. The lowest BCUT2D eigenvalue weighted by Crippen LogP contribution is -2.04. The van der Waals surface area contributed by atoms with Gasteiger partial charge in [0.25, 0.3) is 0 Å². The Morgan fingerprint density at radius 1 is 1.38 bits per heavy atom. The monoisotopic (exact) mass is 174 g/mol. The van der Waals surface area contributed by atoms with Gasteiger partial charge in [0.1, 0.15) is 0 Å². The molecule has 0 aliphatic heterocycles. The van der Waals surface area contributed by atoms with E-state index in [2.05, 4.69) is 12.1 Å². The number of rotatable bonds is 1. The molecule has 1 fully saturated rings. The molecular formula is C11H10O2. The second kappa shape index (κ2) is 2.13. The van der Waals surface area contributed by atoms with Crippen LogP contribution in [-0.2, 0) is 11.2 Å². The molecule has 3 atom stereocenters. The minimum absolute atomic E-state index is 0.0881. The largest absolute Gasteiger partial charge is 0.481 e. The molecular weight excluding hydrogens is 164 g/mol. The molecule has 1 aromatic carbocycles. The topological polar surface area (TPSA) is 37.3 Å². The lowest BCUT2D eigenvalue weighted by Gasteiger charge is -2.03. The Morgan fingerprint density at radius 2 is 2.15 bits per heavy atom. The second-order valence-corrected chi connectivity index (χ2v) is 3.96. The van der Waals surface area contributed by atoms with E-state index >= 15 is 0 Å². The number of aliphatic carboxylic acids is 1. The van der Waals surface area contributed by atoms with Crippen LogP contribution in [0, 0.1) is 11.8 Å². The molecule has 2 aliphatic rings. The molecule has 0 radical (unpaired) electrons. The maximum atomic E-state index is 10.8. The smallest absolute Gasteiger partial charge is 0.307 e. The van der Waals surface area contributed by atoms with Crippen LogP contribution in [-0.4, -0.2) is 11.1 Å². The number of benzene rings is 1. The molecule has 0 saturated heterocycles. The summed E-state index contributed by atoms with van der Waals surface area (Å²) in [5.74, 6) is 0.0167. The highest BCUT2D eigenvalue weighted by Crippen LogP contribution is 2.61. The van der Waals surface area contributed by atoms with Gasteiger partial charge in [0.15, 0.2) is 0 Å². The number of hydrogen-bond donors (Lipinski definition) is 1. The summed E-state index contributed by atoms with van der Waals surface area (Å²) < 4.78 is 0. The summed E-state index contributed by atoms with van der Waals surface area (Å²) in [6.07, 6.45) is 0.970. The summed E-state index contributed by atoms with van der Waals surface area (Å²) in [4.78, 5) is 10.8. The summed E-state index contributed by atoms with van der Waals surface area (Å²) in [5, 5.41) is 8.88. The maximum Gasteiger partial charge on any atom is 0.307 e. The van der Waals surface area contributed by atoms with Gasteiger partial charge in [-0.25, -0.2) is 0 Å². The van der Waals surface area contributed by atoms with E-state index in [1.807, 2.05) is 12.1 Å². The first kappa shape index (κ1) is 7.13. The Kier molecular flexibility index (Phi) is 1.17. The molecule has 66 valence electrons. The number of carboxylic acids is 1. The predicted molar refractivity (Wildman–Crippen MR) is 47.5 cm³/mol. The summed E-state index contributed by atoms with van der Waals surface area (Å²) >= 11 is 0. The van der Waals surface area contributed by atoms with Crippen LogP contribution in [0.1, 0.15) is 17.0 Å². The standard InChI is InChI=1S/C11H10O2/c12-11(13)10-8-5-6-3-1-2-4-7(6)9(8)10/h1-4,8-10H,5H2,(H,12,13)/t8-,9+,10+/m0/s1. The van der Waals surface area contributed by atoms with Gasteiger partial charge in [-0.1, -0.05) is 24.3 Å². The molecule has 1 saturated carbocycles. The third kappa shape index (κ3) is 0.804. The molecule has 0 unspecified atom stereocenters. The zero-order valence-electron chi connectivity index (χ0n) is 7.10. The van der Waals surface area contributed by atoms with Gasteiger partial charge in [-0.15, -0.1) is 0 Å². The van der Waals surface area contributed by atoms with Crippen LogP contribution < -0.4 is 0 Å². The van der Waals surface area contributed by atoms with Crippen molar-refractivity contribution in [2.45, 2.75) is 12.3 Å². The van der Waals surface area contributed by atoms with E-state index in [0.29, 0.717) is 11.8 Å². The van der Waals surface area contributed by atoms with Gasteiger partial charge in [0, 0.05) is 5.92 Å². The molecule has 2 aliphatic carbocycles. The average Bonchev–Trinajstić information content (AvgIpc) is 2.71. The summed E-state index contributed by atoms with van der Waals surface area (Å²) in [5.41, 5.74) is 2.63. The number of fused-ring (bicyclic) bond motifs is 3. The lowest BCUT2D eigenvalue weighted by molar-refractivity contribution is -0.139. The van der Waals surface area contributed by atoms with Crippen molar-refractivity contribution in [2.75, 3.05) is 0 Å². The predicted octanol–water partition coefficient (Wildman–Crippen LogP) is 1.66. The quantitative estimate of drug-likeness (QED) is 0.703. The molecule has 0 spiro atoms. The van der Waals surface area contributed by atoms with Gasteiger partial charge in [-0.05, 0) is 23.5 Å². The van der Waals surface area contributed by atoms with Crippen molar-refractivity contribution in [3.8, 4) is 0 Å². The van der Waals surface area contributed by atoms with Crippen LogP contribution >= 0.6 is 0 Å². The fourth-order valence-corrected chi connectivity index (χ4v) is 2.69. The van der Waals surface area contributed by atoms with Crippen LogP contribution in [0.2, 0.25) is 0 Å². The highest BCUT2D eigenvalue weighted by atomic mass is 16.4. The van der Waals surface area contributed by atoms with Crippen LogP contribution in [0.4, 0.5) is 0 Å². The summed E-state index contributed by atoms with van der Waals surface area (Å²) in [6.45, 7) is 0. The third-order valence-corrected chi connectivity index (χ3v) is 3.32. The Labute approximate surface area is 76.2 Å². The normalized spacial score (nSPS) is 33.7. The highest BCUT2D eigenvalue weighted by molar-refractivity contribution is 5.77. The number of hydrogen-bond acceptors (Lipinski definition) is 1. The molecule has 0 amide bonds. The Balaban J connectivity index is 1.99. The van der Waals surface area contributed by atoms with Crippen molar-refractivity contribution in [2.24, 2.45) is 11.8 Å². The van der Waals surface area contributed by atoms with Crippen LogP contribution in [0.5, 0.6) is 0 Å². The molecule has 0 bridgehead atoms. The van der Waals surface area contributed by atoms with Crippen LogP contribution in [0.3, 0.4) is 0 Å². The Morgan fingerprint density at radius 3 is 2.92 bits per heavy atom. The van der Waals surface area contributed by atoms with E-state index < -0.39 is 5.97 Å². The van der Waals surface area contributed by atoms with Gasteiger partial charge >= 0.3 is 5.97 Å². The first-order valence-electron chi connectivity index (χ1n) is 4.59. The van der Waals surface area contributed by atoms with E-state index in [1.165, 1.54) is 11.1 Å². The minimum Gasteiger partial charge on any atom is -0.481 e. The molecule has 13 heavy (non-hydrogen) atoms. The first-order valence-corrected chi connectivity index (χ1v) is 4.59. The zero-order chi connectivity index (χ0) is 9.00. The van der Waals surface area contributed by atoms with Gasteiger partial charge in [0.2, 0.25) is 0 Å². The maximum absolute atomic E-state index is 10.8. The van der Waals surface area contributed by atoms with Crippen molar-refractivity contribution >= 4 is 5.97 Å². The van der Waals surface area contributed by atoms with Gasteiger partial charge in [0.05, 0.1) is 5.92 Å². The second-order valence-electron chi connectivity index (χ2n) is 3.96.